The number of amides is 7. The SMILES string of the molecule is C#CCCC(=O)N[C@H](C(=O)N[C@@H](C)C(=O)Nc1ccc(COC(=O)NCC[C@@H]2NC(=O)C(C)(C)CNC(=O)[C@@H](Cc3ccc(OC)c(Cl)c3)NC(=O)/C=C/C[C@@H]([C@H](C)[C@H]3O[C@@H]3c3ccccc3)OC2=O)cc1)C(C)C. The Hall–Kier alpha value is -7.43. The Morgan fingerprint density at radius 3 is 2.28 bits per heavy atom. The molecular formula is C55H68ClN7O12. The third kappa shape index (κ3) is 17.9. The molecule has 0 radical (unpaired) electrons. The monoisotopic (exact) mass is 1050 g/mol. The van der Waals surface area contributed by atoms with Gasteiger partial charge in [-0.1, -0.05) is 87.0 Å². The number of ether oxygens (including phenoxy) is 4. The molecule has 75 heavy (non-hydrogen) atoms. The van der Waals surface area contributed by atoms with Gasteiger partial charge < -0.3 is 56.2 Å². The van der Waals surface area contributed by atoms with Crippen LogP contribution in [0.4, 0.5) is 10.5 Å². The van der Waals surface area contributed by atoms with Crippen LogP contribution < -0.4 is 42.0 Å². The fourth-order valence-corrected chi connectivity index (χ4v) is 8.24. The van der Waals surface area contributed by atoms with E-state index >= 15 is 0 Å². The summed E-state index contributed by atoms with van der Waals surface area (Å²) >= 11 is 6.38. The molecule has 2 aliphatic rings. The number of halogens is 1. The third-order valence-corrected chi connectivity index (χ3v) is 13.0. The van der Waals surface area contributed by atoms with Gasteiger partial charge >= 0.3 is 12.1 Å². The summed E-state index contributed by atoms with van der Waals surface area (Å²) in [7, 11) is 1.48. The van der Waals surface area contributed by atoms with E-state index in [-0.39, 0.29) is 81.8 Å². The minimum Gasteiger partial charge on any atom is -0.495 e. The molecule has 2 aliphatic heterocycles. The minimum absolute atomic E-state index is 0.0608. The first-order valence-electron chi connectivity index (χ1n) is 24.8. The fourth-order valence-electron chi connectivity index (χ4n) is 7.96. The average molecular weight is 1050 g/mol. The maximum Gasteiger partial charge on any atom is 0.407 e. The number of methoxy groups -OCH3 is 1. The first kappa shape index (κ1) is 58.5. The number of hydrogen-bond donors (Lipinski definition) is 7. The Morgan fingerprint density at radius 1 is 0.907 bits per heavy atom. The largest absolute Gasteiger partial charge is 0.495 e. The lowest BCUT2D eigenvalue weighted by molar-refractivity contribution is -0.156. The lowest BCUT2D eigenvalue weighted by Crippen LogP contribution is -2.54. The Labute approximate surface area is 442 Å². The molecule has 20 heteroatoms. The van der Waals surface area contributed by atoms with Crippen LogP contribution in [0.15, 0.2) is 84.9 Å². The molecule has 0 saturated carbocycles. The summed E-state index contributed by atoms with van der Waals surface area (Å²) < 4.78 is 22.9. The van der Waals surface area contributed by atoms with Gasteiger partial charge in [-0.05, 0) is 80.1 Å². The van der Waals surface area contributed by atoms with Gasteiger partial charge in [0.1, 0.15) is 48.7 Å². The zero-order valence-electron chi connectivity index (χ0n) is 43.3. The number of rotatable bonds is 19. The predicted molar refractivity (Wildman–Crippen MR) is 280 cm³/mol. The molecule has 3 aromatic carbocycles. The highest BCUT2D eigenvalue weighted by atomic mass is 35.5. The number of anilines is 1. The number of carbonyl (C=O) groups is 8. The van der Waals surface area contributed by atoms with Gasteiger partial charge in [0.2, 0.25) is 35.4 Å². The molecule has 0 unspecified atom stereocenters. The second kappa shape index (κ2) is 27.7. The molecular weight excluding hydrogens is 986 g/mol. The molecule has 8 atom stereocenters. The molecule has 5 rings (SSSR count). The Balaban J connectivity index is 1.22. The van der Waals surface area contributed by atoms with E-state index < -0.39 is 77.3 Å². The first-order valence-corrected chi connectivity index (χ1v) is 25.2. The van der Waals surface area contributed by atoms with Gasteiger partial charge in [-0.3, -0.25) is 28.8 Å². The Bertz CT molecular complexity index is 2590. The number of hydrogen-bond acceptors (Lipinski definition) is 12. The molecule has 3 aromatic rings. The Morgan fingerprint density at radius 2 is 1.61 bits per heavy atom. The number of epoxide rings is 1. The van der Waals surface area contributed by atoms with Crippen molar-refractivity contribution in [3.8, 4) is 18.1 Å². The Kier molecular flexibility index (Phi) is 21.6. The average Bonchev–Trinajstić information content (AvgIpc) is 4.19. The summed E-state index contributed by atoms with van der Waals surface area (Å²) in [6, 6.07) is 16.9. The summed E-state index contributed by atoms with van der Waals surface area (Å²) in [5.74, 6) is -1.75. The van der Waals surface area contributed by atoms with E-state index in [1.165, 1.54) is 20.1 Å². The molecule has 7 N–H and O–H groups in total. The van der Waals surface area contributed by atoms with E-state index in [2.05, 4.69) is 43.1 Å². The molecule has 402 valence electrons. The van der Waals surface area contributed by atoms with Gasteiger partial charge in [0, 0.05) is 50.4 Å². The maximum atomic E-state index is 14.2. The highest BCUT2D eigenvalue weighted by Crippen LogP contribution is 2.45. The molecule has 0 aromatic heterocycles. The molecule has 7 amide bonds. The minimum atomic E-state index is -1.29. The van der Waals surface area contributed by atoms with Crippen molar-refractivity contribution in [2.75, 3.05) is 25.5 Å². The van der Waals surface area contributed by atoms with E-state index in [0.717, 1.165) is 5.56 Å². The van der Waals surface area contributed by atoms with Crippen LogP contribution >= 0.6 is 11.6 Å². The van der Waals surface area contributed by atoms with E-state index in [4.69, 9.17) is 37.0 Å². The van der Waals surface area contributed by atoms with Crippen LogP contribution in [-0.4, -0.2) is 104 Å². The highest BCUT2D eigenvalue weighted by molar-refractivity contribution is 6.32. The van der Waals surface area contributed by atoms with Crippen molar-refractivity contribution in [3.63, 3.8) is 0 Å². The number of cyclic esters (lactones) is 1. The van der Waals surface area contributed by atoms with Crippen molar-refractivity contribution in [1.29, 1.82) is 0 Å². The van der Waals surface area contributed by atoms with E-state index in [1.807, 2.05) is 37.3 Å². The zero-order valence-corrected chi connectivity index (χ0v) is 44.0. The summed E-state index contributed by atoms with van der Waals surface area (Å²) in [5, 5.41) is 19.3. The molecule has 1 fully saturated rings. The first-order chi connectivity index (χ1) is 35.7. The van der Waals surface area contributed by atoms with Gasteiger partial charge in [0.25, 0.3) is 0 Å². The number of terminal acetylenes is 1. The second-order valence-electron chi connectivity index (χ2n) is 19.5. The quantitative estimate of drug-likeness (QED) is 0.0478. The fraction of sp³-hybridized carbons (Fsp3) is 0.455. The van der Waals surface area contributed by atoms with Crippen LogP contribution in [0.2, 0.25) is 5.02 Å². The van der Waals surface area contributed by atoms with Crippen LogP contribution in [0.3, 0.4) is 0 Å². The standard InChI is InChI=1S/C55H68ClN7O12/c1-9-10-18-45(65)63-46(32(2)3)51(68)59-34(5)49(66)60-38-23-20-35(21-24-38)30-73-54(71)57-27-26-40-52(69)74-42(33(4)47-48(75-47)37-15-12-11-13-16-37)17-14-19-44(64)61-41(29-36-22-25-43(72-8)39(56)28-36)50(67)58-31-55(6,7)53(70)62-40/h1,11-16,19-25,28,32-34,40-42,46-48H,10,17-18,26-27,29-31H2,2-8H3,(H,57,71)(H,58,67)(H,59,68)(H,60,66)(H,61,64)(H,62,70)(H,63,65)/b19-14+/t33-,34-,40-,41+,42-,46-,47+,48+/m0/s1. The maximum absolute atomic E-state index is 14.2. The van der Waals surface area contributed by atoms with Crippen molar-refractivity contribution in [3.05, 3.63) is 107 Å². The van der Waals surface area contributed by atoms with Crippen molar-refractivity contribution in [2.45, 2.75) is 123 Å². The second-order valence-corrected chi connectivity index (χ2v) is 19.9. The zero-order chi connectivity index (χ0) is 54.8. The van der Waals surface area contributed by atoms with E-state index in [0.29, 0.717) is 27.6 Å². The summed E-state index contributed by atoms with van der Waals surface area (Å²) in [6.07, 6.45) is 6.14. The van der Waals surface area contributed by atoms with Crippen molar-refractivity contribution < 1.29 is 57.3 Å². The molecule has 0 aliphatic carbocycles. The van der Waals surface area contributed by atoms with Gasteiger partial charge in [-0.15, -0.1) is 12.3 Å². The van der Waals surface area contributed by atoms with Crippen LogP contribution in [0.25, 0.3) is 0 Å². The van der Waals surface area contributed by atoms with Crippen LogP contribution in [0.5, 0.6) is 5.75 Å². The smallest absolute Gasteiger partial charge is 0.407 e. The predicted octanol–water partition coefficient (Wildman–Crippen LogP) is 4.96. The topological polar surface area (TPSA) is 261 Å². The van der Waals surface area contributed by atoms with Gasteiger partial charge in [-0.25, -0.2) is 9.59 Å². The van der Waals surface area contributed by atoms with Crippen LogP contribution in [0.1, 0.15) is 90.0 Å². The molecule has 0 spiro atoms. The van der Waals surface area contributed by atoms with Crippen molar-refractivity contribution >= 4 is 64.8 Å². The van der Waals surface area contributed by atoms with Crippen LogP contribution in [0, 0.1) is 29.6 Å². The highest BCUT2D eigenvalue weighted by Gasteiger charge is 2.48. The molecule has 19 nitrogen and oxygen atoms in total. The van der Waals surface area contributed by atoms with Crippen molar-refractivity contribution in [1.82, 2.24) is 31.9 Å². The van der Waals surface area contributed by atoms with Crippen molar-refractivity contribution in [2.24, 2.45) is 17.3 Å². The molecule has 0 bridgehead atoms. The summed E-state index contributed by atoms with van der Waals surface area (Å²) in [6.45, 7) is 9.61. The van der Waals surface area contributed by atoms with Gasteiger partial charge in [0.05, 0.1) is 23.7 Å². The summed E-state index contributed by atoms with van der Waals surface area (Å²) in [5.41, 5.74) is 1.28. The van der Waals surface area contributed by atoms with Gasteiger partial charge in [-0.2, -0.15) is 0 Å². The number of nitrogens with one attached hydrogen (secondary N) is 7. The lowest BCUT2D eigenvalue weighted by Gasteiger charge is -2.30. The summed E-state index contributed by atoms with van der Waals surface area (Å²) in [4.78, 5) is 106. The molecule has 1 saturated heterocycles. The van der Waals surface area contributed by atoms with E-state index in [9.17, 15) is 38.4 Å². The van der Waals surface area contributed by atoms with Crippen LogP contribution in [-0.2, 0) is 60.8 Å². The number of esters is 1. The lowest BCUT2D eigenvalue weighted by atomic mass is 9.91. The third-order valence-electron chi connectivity index (χ3n) is 12.7. The van der Waals surface area contributed by atoms with E-state index in [1.54, 1.807) is 76.2 Å². The number of alkyl carbamates (subject to hydrolysis) is 1. The number of carbonyl (C=O) groups excluding carboxylic acids is 8. The number of benzene rings is 3. The normalized spacial score (nSPS) is 21.5. The molecule has 2 heterocycles. The van der Waals surface area contributed by atoms with Gasteiger partial charge in [0.15, 0.2) is 0 Å².